The molecule has 8 nitrogen and oxygen atoms in total. The van der Waals surface area contributed by atoms with Crippen LogP contribution in [0.2, 0.25) is 0 Å². The minimum Gasteiger partial charge on any atom is -0.441 e. The lowest BCUT2D eigenvalue weighted by Crippen LogP contribution is -2.31. The Labute approximate surface area is 216 Å². The quantitative estimate of drug-likeness (QED) is 0.239. The molecule has 1 aliphatic rings. The molecule has 0 bridgehead atoms. The number of carbonyl (C=O) groups excluding carboxylic acids is 2. The first kappa shape index (κ1) is 25.6. The van der Waals surface area contributed by atoms with Crippen LogP contribution in [-0.2, 0) is 16.0 Å². The van der Waals surface area contributed by atoms with Gasteiger partial charge in [-0.25, -0.2) is 4.99 Å². The van der Waals surface area contributed by atoms with Crippen molar-refractivity contribution in [3.63, 3.8) is 0 Å². The minimum absolute atomic E-state index is 0.0424. The van der Waals surface area contributed by atoms with Gasteiger partial charge < -0.3 is 19.9 Å². The summed E-state index contributed by atoms with van der Waals surface area (Å²) in [4.78, 5) is 28.8. The molecule has 2 N–H and O–H groups in total. The molecule has 8 heteroatoms. The third-order valence-corrected chi connectivity index (χ3v) is 5.85. The maximum Gasteiger partial charge on any atom is 0.251 e. The molecule has 3 aromatic rings. The summed E-state index contributed by atoms with van der Waals surface area (Å²) >= 11 is 0. The summed E-state index contributed by atoms with van der Waals surface area (Å²) in [5.41, 5.74) is 5.15. The molecule has 190 valence electrons. The van der Waals surface area contributed by atoms with Crippen LogP contribution in [0.5, 0.6) is 0 Å². The first-order chi connectivity index (χ1) is 17.8. The van der Waals surface area contributed by atoms with Gasteiger partial charge in [0.1, 0.15) is 11.5 Å². The van der Waals surface area contributed by atoms with E-state index in [0.29, 0.717) is 28.8 Å². The molecule has 2 amide bonds. The maximum absolute atomic E-state index is 12.5. The SMILES string of the molecule is C=CN=C(CNC(=O)Cc1cc(C)no1)OC(=C)c1ccc(-c2cc(C(=O)NC3CC3)ccc2C)cc1. The van der Waals surface area contributed by atoms with Crippen molar-refractivity contribution in [3.05, 3.63) is 96.0 Å². The van der Waals surface area contributed by atoms with Crippen molar-refractivity contribution in [2.45, 2.75) is 39.2 Å². The van der Waals surface area contributed by atoms with Crippen LogP contribution in [0, 0.1) is 13.8 Å². The first-order valence-electron chi connectivity index (χ1n) is 12.1. The second-order valence-electron chi connectivity index (χ2n) is 8.97. The predicted molar refractivity (Wildman–Crippen MR) is 143 cm³/mol. The van der Waals surface area contributed by atoms with Gasteiger partial charge in [-0.2, -0.15) is 0 Å². The molecule has 1 aromatic heterocycles. The molecule has 0 radical (unpaired) electrons. The minimum atomic E-state index is -0.255. The van der Waals surface area contributed by atoms with E-state index in [1.807, 2.05) is 49.4 Å². The number of amides is 2. The fourth-order valence-electron chi connectivity index (χ4n) is 3.71. The molecule has 1 aliphatic carbocycles. The summed E-state index contributed by atoms with van der Waals surface area (Å²) in [6.07, 6.45) is 3.50. The van der Waals surface area contributed by atoms with Crippen molar-refractivity contribution in [3.8, 4) is 11.1 Å². The first-order valence-corrected chi connectivity index (χ1v) is 12.1. The monoisotopic (exact) mass is 498 g/mol. The third-order valence-electron chi connectivity index (χ3n) is 5.85. The Morgan fingerprint density at radius 3 is 2.51 bits per heavy atom. The molecule has 0 atom stereocenters. The zero-order valence-electron chi connectivity index (χ0n) is 21.0. The smallest absolute Gasteiger partial charge is 0.251 e. The molecule has 0 spiro atoms. The van der Waals surface area contributed by atoms with Crippen molar-refractivity contribution in [2.24, 2.45) is 4.99 Å². The van der Waals surface area contributed by atoms with Crippen LogP contribution in [0.25, 0.3) is 16.9 Å². The van der Waals surface area contributed by atoms with Crippen molar-refractivity contribution in [2.75, 3.05) is 6.54 Å². The van der Waals surface area contributed by atoms with E-state index in [-0.39, 0.29) is 30.7 Å². The fraction of sp³-hybridized carbons (Fsp3) is 0.241. The third kappa shape index (κ3) is 7.04. The van der Waals surface area contributed by atoms with Gasteiger partial charge in [-0.3, -0.25) is 9.59 Å². The second kappa shape index (κ2) is 11.5. The number of carbonyl (C=O) groups is 2. The average Bonchev–Trinajstić information content (AvgIpc) is 3.61. The van der Waals surface area contributed by atoms with Gasteiger partial charge in [-0.15, -0.1) is 0 Å². The highest BCUT2D eigenvalue weighted by Crippen LogP contribution is 2.27. The Morgan fingerprint density at radius 2 is 1.86 bits per heavy atom. The zero-order chi connectivity index (χ0) is 26.4. The van der Waals surface area contributed by atoms with Crippen LogP contribution in [-0.4, -0.2) is 35.5 Å². The van der Waals surface area contributed by atoms with E-state index >= 15 is 0 Å². The number of aryl methyl sites for hydroxylation is 2. The van der Waals surface area contributed by atoms with Crippen LogP contribution in [0.15, 0.2) is 77.4 Å². The fourth-order valence-corrected chi connectivity index (χ4v) is 3.71. The zero-order valence-corrected chi connectivity index (χ0v) is 21.0. The number of ether oxygens (including phenoxy) is 1. The van der Waals surface area contributed by atoms with Gasteiger partial charge in [0.15, 0.2) is 0 Å². The van der Waals surface area contributed by atoms with Crippen molar-refractivity contribution in [1.82, 2.24) is 15.8 Å². The highest BCUT2D eigenvalue weighted by atomic mass is 16.5. The molecule has 37 heavy (non-hydrogen) atoms. The molecule has 0 saturated heterocycles. The topological polar surface area (TPSA) is 106 Å². The summed E-state index contributed by atoms with van der Waals surface area (Å²) in [6, 6.07) is 15.5. The van der Waals surface area contributed by atoms with Crippen molar-refractivity contribution in [1.29, 1.82) is 0 Å². The van der Waals surface area contributed by atoms with Gasteiger partial charge in [0.05, 0.1) is 18.7 Å². The molecule has 4 rings (SSSR count). The summed E-state index contributed by atoms with van der Waals surface area (Å²) < 4.78 is 10.9. The lowest BCUT2D eigenvalue weighted by atomic mass is 9.97. The van der Waals surface area contributed by atoms with E-state index in [2.05, 4.69) is 33.9 Å². The van der Waals surface area contributed by atoms with Crippen LogP contribution in [0.4, 0.5) is 0 Å². The van der Waals surface area contributed by atoms with Gasteiger partial charge in [-0.1, -0.05) is 48.6 Å². The Hall–Kier alpha value is -4.46. The Balaban J connectivity index is 1.38. The normalized spacial score (nSPS) is 13.1. The van der Waals surface area contributed by atoms with Crippen LogP contribution >= 0.6 is 0 Å². The number of aromatic nitrogens is 1. The lowest BCUT2D eigenvalue weighted by molar-refractivity contribution is -0.120. The van der Waals surface area contributed by atoms with Gasteiger partial charge in [0.25, 0.3) is 5.91 Å². The summed E-state index contributed by atoms with van der Waals surface area (Å²) in [6.45, 7) is 11.5. The van der Waals surface area contributed by atoms with E-state index in [4.69, 9.17) is 9.26 Å². The number of hydrogen-bond donors (Lipinski definition) is 2. The molecule has 1 fully saturated rings. The van der Waals surface area contributed by atoms with Gasteiger partial charge in [0.2, 0.25) is 11.8 Å². The molecule has 0 aliphatic heterocycles. The molecule has 0 unspecified atom stereocenters. The highest BCUT2D eigenvalue weighted by molar-refractivity contribution is 5.96. The number of aliphatic imine (C=N–C) groups is 1. The molecular weight excluding hydrogens is 468 g/mol. The number of benzene rings is 2. The van der Waals surface area contributed by atoms with E-state index in [1.165, 1.54) is 6.20 Å². The van der Waals surface area contributed by atoms with Crippen molar-refractivity contribution < 1.29 is 18.8 Å². The van der Waals surface area contributed by atoms with E-state index in [9.17, 15) is 9.59 Å². The molecular formula is C29H30N4O4. The average molecular weight is 499 g/mol. The lowest BCUT2D eigenvalue weighted by Gasteiger charge is -2.13. The Bertz CT molecular complexity index is 1350. The van der Waals surface area contributed by atoms with Gasteiger partial charge in [0, 0.05) is 29.4 Å². The largest absolute Gasteiger partial charge is 0.441 e. The number of nitrogens with zero attached hydrogens (tertiary/aromatic N) is 2. The second-order valence-corrected chi connectivity index (χ2v) is 8.97. The van der Waals surface area contributed by atoms with E-state index in [0.717, 1.165) is 35.1 Å². The molecule has 1 saturated carbocycles. The maximum atomic E-state index is 12.5. The summed E-state index contributed by atoms with van der Waals surface area (Å²) in [7, 11) is 0. The van der Waals surface area contributed by atoms with Crippen LogP contribution in [0.1, 0.15) is 45.8 Å². The summed E-state index contributed by atoms with van der Waals surface area (Å²) in [5, 5.41) is 9.55. The van der Waals surface area contributed by atoms with Gasteiger partial charge in [-0.05, 0) is 55.5 Å². The predicted octanol–water partition coefficient (Wildman–Crippen LogP) is 4.74. The van der Waals surface area contributed by atoms with E-state index in [1.54, 1.807) is 13.0 Å². The number of rotatable bonds is 10. The highest BCUT2D eigenvalue weighted by Gasteiger charge is 2.24. The summed E-state index contributed by atoms with van der Waals surface area (Å²) in [5.74, 6) is 0.805. The number of nitrogens with one attached hydrogen (secondary N) is 2. The van der Waals surface area contributed by atoms with Crippen LogP contribution < -0.4 is 10.6 Å². The Morgan fingerprint density at radius 1 is 1.14 bits per heavy atom. The number of hydrogen-bond acceptors (Lipinski definition) is 6. The van der Waals surface area contributed by atoms with Crippen molar-refractivity contribution >= 4 is 23.5 Å². The standard InChI is InChI=1S/C29H30N4O4/c1-5-30-28(17-31-27(34)16-25-14-19(3)33-37-25)36-20(4)21-8-10-22(11-9-21)26-15-23(7-6-18(26)2)29(35)32-24-12-13-24/h5-11,14-15,24H,1,4,12-13,16-17H2,2-3H3,(H,31,34)(H,32,35). The van der Waals surface area contributed by atoms with Crippen LogP contribution in [0.3, 0.4) is 0 Å². The van der Waals surface area contributed by atoms with E-state index < -0.39 is 0 Å². The Kier molecular flexibility index (Phi) is 7.98. The molecule has 2 aromatic carbocycles. The molecule has 1 heterocycles. The van der Waals surface area contributed by atoms with Gasteiger partial charge >= 0.3 is 0 Å².